The number of anilines is 1. The molecule has 1 saturated carbocycles. The van der Waals surface area contributed by atoms with E-state index in [4.69, 9.17) is 14.0 Å². The number of rotatable bonds is 4. The molecule has 23 heavy (non-hydrogen) atoms. The molecule has 0 amide bonds. The molecule has 0 radical (unpaired) electrons. The van der Waals surface area contributed by atoms with E-state index in [1.165, 1.54) is 18.6 Å². The zero-order valence-electron chi connectivity index (χ0n) is 12.0. The number of halogens is 2. The molecule has 1 aliphatic carbocycles. The van der Waals surface area contributed by atoms with Crippen LogP contribution in [0.15, 0.2) is 23.1 Å². The molecule has 1 aliphatic heterocycles. The number of aromatic nitrogens is 1. The first-order valence-corrected chi connectivity index (χ1v) is 7.27. The van der Waals surface area contributed by atoms with Crippen molar-refractivity contribution in [2.45, 2.75) is 31.2 Å². The lowest BCUT2D eigenvalue weighted by Crippen LogP contribution is -2.43. The smallest absolute Gasteiger partial charge is 0.269 e. The number of benzene rings is 1. The van der Waals surface area contributed by atoms with Gasteiger partial charge < -0.3 is 24.4 Å². The van der Waals surface area contributed by atoms with Gasteiger partial charge in [0.25, 0.3) is 6.29 Å². The van der Waals surface area contributed by atoms with Crippen molar-refractivity contribution in [1.29, 1.82) is 0 Å². The molecule has 0 unspecified atom stereocenters. The van der Waals surface area contributed by atoms with E-state index >= 15 is 0 Å². The Morgan fingerprint density at radius 1 is 1.26 bits per heavy atom. The molecule has 1 aromatic carbocycles. The number of hydrogen-bond acceptors (Lipinski definition) is 6. The van der Waals surface area contributed by atoms with Crippen LogP contribution in [0.5, 0.6) is 0 Å². The number of hydrogen-bond donors (Lipinski definition) is 2. The lowest BCUT2D eigenvalue weighted by atomic mass is 9.80. The van der Waals surface area contributed by atoms with Crippen molar-refractivity contribution in [2.75, 3.05) is 11.9 Å². The van der Waals surface area contributed by atoms with E-state index in [9.17, 15) is 13.9 Å². The van der Waals surface area contributed by atoms with Gasteiger partial charge in [-0.2, -0.15) is 4.39 Å². The van der Waals surface area contributed by atoms with Gasteiger partial charge in [0.15, 0.2) is 11.6 Å². The summed E-state index contributed by atoms with van der Waals surface area (Å²) in [6.45, 7) is 0.265. The molecule has 0 saturated heterocycles. The summed E-state index contributed by atoms with van der Waals surface area (Å²) in [6.07, 6.45) is 3.81. The third kappa shape index (κ3) is 2.29. The quantitative estimate of drug-likeness (QED) is 0.900. The van der Waals surface area contributed by atoms with Gasteiger partial charge in [0, 0.05) is 6.54 Å². The predicted molar refractivity (Wildman–Crippen MR) is 75.3 cm³/mol. The van der Waals surface area contributed by atoms with Crippen LogP contribution >= 0.6 is 0 Å². The van der Waals surface area contributed by atoms with Crippen LogP contribution in [0.2, 0.25) is 0 Å². The lowest BCUT2D eigenvalue weighted by molar-refractivity contribution is -0.0274. The van der Waals surface area contributed by atoms with E-state index < -0.39 is 23.5 Å². The summed E-state index contributed by atoms with van der Waals surface area (Å²) in [5.74, 6) is -2.02. The van der Waals surface area contributed by atoms with Crippen LogP contribution in [-0.4, -0.2) is 22.4 Å². The van der Waals surface area contributed by atoms with Gasteiger partial charge in [-0.3, -0.25) is 0 Å². The molecule has 0 bridgehead atoms. The Morgan fingerprint density at radius 3 is 2.65 bits per heavy atom. The highest BCUT2D eigenvalue weighted by molar-refractivity contribution is 5.89. The van der Waals surface area contributed by atoms with Crippen LogP contribution < -0.4 is 5.32 Å². The van der Waals surface area contributed by atoms with Crippen LogP contribution in [-0.2, 0) is 9.47 Å². The summed E-state index contributed by atoms with van der Waals surface area (Å²) in [6, 6.07) is 1.37. The molecular weight excluding hydrogens is 310 g/mol. The van der Waals surface area contributed by atoms with Gasteiger partial charge in [-0.05, 0) is 25.3 Å². The van der Waals surface area contributed by atoms with Crippen molar-refractivity contribution >= 4 is 16.8 Å². The molecule has 122 valence electrons. The van der Waals surface area contributed by atoms with E-state index in [0.29, 0.717) is 12.8 Å². The Bertz CT molecular complexity index is 777. The SMILES string of the molecule is OC1(CNc2noc3c(F)c(F)c(C4OC=CO4)cc23)CCC1. The van der Waals surface area contributed by atoms with Gasteiger partial charge in [-0.15, -0.1) is 0 Å². The molecule has 4 rings (SSSR count). The second kappa shape index (κ2) is 5.09. The molecule has 1 aromatic heterocycles. The molecule has 2 N–H and O–H groups in total. The summed E-state index contributed by atoms with van der Waals surface area (Å²) in [7, 11) is 0. The van der Waals surface area contributed by atoms with Gasteiger partial charge in [0.05, 0.1) is 16.6 Å². The zero-order valence-corrected chi connectivity index (χ0v) is 12.0. The highest BCUT2D eigenvalue weighted by atomic mass is 19.2. The summed E-state index contributed by atoms with van der Waals surface area (Å²) < 4.78 is 43.3. The molecule has 2 aromatic rings. The largest absolute Gasteiger partial charge is 0.455 e. The third-order valence-corrected chi connectivity index (χ3v) is 4.26. The van der Waals surface area contributed by atoms with Gasteiger partial charge in [-0.25, -0.2) is 4.39 Å². The number of fused-ring (bicyclic) bond motifs is 1. The summed E-state index contributed by atoms with van der Waals surface area (Å²) in [4.78, 5) is 0. The van der Waals surface area contributed by atoms with Crippen molar-refractivity contribution in [3.05, 3.63) is 35.8 Å². The molecule has 0 spiro atoms. The fourth-order valence-electron chi connectivity index (χ4n) is 2.73. The van der Waals surface area contributed by atoms with Crippen molar-refractivity contribution in [1.82, 2.24) is 5.16 Å². The Morgan fingerprint density at radius 2 is 2.00 bits per heavy atom. The van der Waals surface area contributed by atoms with Crippen molar-refractivity contribution in [3.63, 3.8) is 0 Å². The maximum Gasteiger partial charge on any atom is 0.269 e. The monoisotopic (exact) mass is 324 g/mol. The number of nitrogens with zero attached hydrogens (tertiary/aromatic N) is 1. The topological polar surface area (TPSA) is 76.8 Å². The maximum atomic E-state index is 14.2. The van der Waals surface area contributed by atoms with Gasteiger partial charge in [0.2, 0.25) is 11.4 Å². The first-order chi connectivity index (χ1) is 11.1. The Hall–Kier alpha value is -2.35. The summed E-state index contributed by atoms with van der Waals surface area (Å²) in [5, 5.41) is 17.0. The second-order valence-electron chi connectivity index (χ2n) is 5.81. The van der Waals surface area contributed by atoms with E-state index in [-0.39, 0.29) is 28.9 Å². The van der Waals surface area contributed by atoms with Crippen molar-refractivity contribution in [2.24, 2.45) is 0 Å². The molecule has 0 atom stereocenters. The molecule has 2 heterocycles. The lowest BCUT2D eigenvalue weighted by Gasteiger charge is -2.36. The molecule has 6 nitrogen and oxygen atoms in total. The van der Waals surface area contributed by atoms with Crippen molar-refractivity contribution < 1.29 is 27.9 Å². The summed E-state index contributed by atoms with van der Waals surface area (Å²) >= 11 is 0. The highest BCUT2D eigenvalue weighted by Gasteiger charge is 2.35. The van der Waals surface area contributed by atoms with Crippen LogP contribution in [0.25, 0.3) is 11.0 Å². The third-order valence-electron chi connectivity index (χ3n) is 4.26. The Balaban J connectivity index is 1.69. The van der Waals surface area contributed by atoms with E-state index in [1.807, 2.05) is 0 Å². The average molecular weight is 324 g/mol. The normalized spacial score (nSPS) is 19.4. The molecular formula is C15H14F2N2O4. The zero-order chi connectivity index (χ0) is 16.0. The molecule has 2 aliphatic rings. The second-order valence-corrected chi connectivity index (χ2v) is 5.81. The van der Waals surface area contributed by atoms with E-state index in [2.05, 4.69) is 10.5 Å². The predicted octanol–water partition coefficient (Wildman–Crippen LogP) is 2.95. The molecule has 8 heteroatoms. The number of ether oxygens (including phenoxy) is 2. The van der Waals surface area contributed by atoms with E-state index in [1.54, 1.807) is 0 Å². The first kappa shape index (κ1) is 14.3. The number of aliphatic hydroxyl groups is 1. The minimum absolute atomic E-state index is 0.0893. The van der Waals surface area contributed by atoms with Crippen LogP contribution in [0.1, 0.15) is 31.1 Å². The first-order valence-electron chi connectivity index (χ1n) is 7.27. The van der Waals surface area contributed by atoms with Crippen LogP contribution in [0.4, 0.5) is 14.6 Å². The molecule has 1 fully saturated rings. The highest BCUT2D eigenvalue weighted by Crippen LogP contribution is 2.36. The standard InChI is InChI=1S/C15H14F2N2O4/c16-10-8(14-21-4-5-22-14)6-9-12(11(10)17)23-19-13(9)18-7-15(20)2-1-3-15/h4-6,14,20H,1-3,7H2,(H,18,19). The van der Waals surface area contributed by atoms with Gasteiger partial charge in [-0.1, -0.05) is 5.16 Å². The Kier molecular flexibility index (Phi) is 3.15. The van der Waals surface area contributed by atoms with Gasteiger partial charge >= 0.3 is 0 Å². The fraction of sp³-hybridized carbons (Fsp3) is 0.400. The fourth-order valence-corrected chi connectivity index (χ4v) is 2.73. The van der Waals surface area contributed by atoms with Crippen molar-refractivity contribution in [3.8, 4) is 0 Å². The average Bonchev–Trinajstić information content (AvgIpc) is 3.16. The minimum Gasteiger partial charge on any atom is -0.455 e. The number of nitrogens with one attached hydrogen (secondary N) is 1. The van der Waals surface area contributed by atoms with Crippen LogP contribution in [0.3, 0.4) is 0 Å². The summed E-state index contributed by atoms with van der Waals surface area (Å²) in [5.41, 5.74) is -1.16. The Labute approximate surface area is 129 Å². The minimum atomic E-state index is -1.15. The van der Waals surface area contributed by atoms with Crippen LogP contribution in [0, 0.1) is 11.6 Å². The van der Waals surface area contributed by atoms with E-state index in [0.717, 1.165) is 6.42 Å². The van der Waals surface area contributed by atoms with Gasteiger partial charge in [0.1, 0.15) is 12.5 Å². The maximum absolute atomic E-state index is 14.2.